The predicted molar refractivity (Wildman–Crippen MR) is 105 cm³/mol. The third-order valence-electron chi connectivity index (χ3n) is 3.58. The fourth-order valence-electron chi connectivity index (χ4n) is 2.37. The number of nitrogens with one attached hydrogen (secondary N) is 2. The second-order valence-corrected chi connectivity index (χ2v) is 6.29. The van der Waals surface area contributed by atoms with Gasteiger partial charge in [0.1, 0.15) is 11.5 Å². The fraction of sp³-hybridized carbons (Fsp3) is 0.429. The van der Waals surface area contributed by atoms with Crippen molar-refractivity contribution in [2.75, 3.05) is 25.0 Å². The first-order chi connectivity index (χ1) is 12.2. The summed E-state index contributed by atoms with van der Waals surface area (Å²) in [4.78, 5) is 0. The zero-order valence-electron chi connectivity index (χ0n) is 15.5. The first kappa shape index (κ1) is 19.1. The van der Waals surface area contributed by atoms with Gasteiger partial charge in [-0.25, -0.2) is 0 Å². The summed E-state index contributed by atoms with van der Waals surface area (Å²) in [5.41, 5.74) is 2.37. The van der Waals surface area contributed by atoms with E-state index in [2.05, 4.69) is 41.8 Å². The molecule has 0 spiro atoms. The largest absolute Gasteiger partial charge is 0.494 e. The van der Waals surface area contributed by atoms with Gasteiger partial charge in [-0.3, -0.25) is 0 Å². The van der Waals surface area contributed by atoms with Crippen LogP contribution in [0.2, 0.25) is 0 Å². The van der Waals surface area contributed by atoms with Crippen LogP contribution in [-0.2, 0) is 6.54 Å². The second kappa shape index (κ2) is 10.6. The molecule has 0 aliphatic heterocycles. The average molecular weight is 342 g/mol. The number of benzene rings is 2. The molecule has 0 aliphatic carbocycles. The Bertz CT molecular complexity index is 594. The van der Waals surface area contributed by atoms with Gasteiger partial charge < -0.3 is 20.1 Å². The Morgan fingerprint density at radius 3 is 2.20 bits per heavy atom. The van der Waals surface area contributed by atoms with E-state index in [9.17, 15) is 0 Å². The van der Waals surface area contributed by atoms with E-state index < -0.39 is 0 Å². The number of hydrogen-bond donors (Lipinski definition) is 2. The topological polar surface area (TPSA) is 42.5 Å². The average Bonchev–Trinajstić information content (AvgIpc) is 2.61. The van der Waals surface area contributed by atoms with E-state index in [0.29, 0.717) is 0 Å². The molecule has 0 unspecified atom stereocenters. The first-order valence-corrected chi connectivity index (χ1v) is 9.10. The normalized spacial score (nSPS) is 10.7. The molecular formula is C21H30N2O2. The first-order valence-electron chi connectivity index (χ1n) is 9.10. The van der Waals surface area contributed by atoms with Crippen LogP contribution >= 0.6 is 0 Å². The van der Waals surface area contributed by atoms with Gasteiger partial charge in [-0.2, -0.15) is 0 Å². The lowest BCUT2D eigenvalue weighted by molar-refractivity contribution is 0.242. The maximum Gasteiger partial charge on any atom is 0.119 e. The molecule has 0 saturated carbocycles. The van der Waals surface area contributed by atoms with E-state index in [0.717, 1.165) is 49.8 Å². The van der Waals surface area contributed by atoms with Crippen molar-refractivity contribution in [1.29, 1.82) is 0 Å². The van der Waals surface area contributed by atoms with Crippen molar-refractivity contribution in [2.24, 2.45) is 0 Å². The minimum absolute atomic E-state index is 0.210. The van der Waals surface area contributed by atoms with Crippen LogP contribution in [0, 0.1) is 0 Å². The summed E-state index contributed by atoms with van der Waals surface area (Å²) in [5.74, 6) is 1.85. The molecule has 2 aromatic carbocycles. The molecule has 0 fully saturated rings. The van der Waals surface area contributed by atoms with Gasteiger partial charge in [-0.05, 0) is 62.2 Å². The highest BCUT2D eigenvalue weighted by Gasteiger charge is 1.98. The molecule has 2 aromatic rings. The van der Waals surface area contributed by atoms with Crippen molar-refractivity contribution >= 4 is 5.69 Å². The number of rotatable bonds is 11. The van der Waals surface area contributed by atoms with E-state index in [1.165, 1.54) is 5.56 Å². The molecule has 0 amide bonds. The third-order valence-corrected chi connectivity index (χ3v) is 3.58. The third kappa shape index (κ3) is 7.48. The Morgan fingerprint density at radius 2 is 1.56 bits per heavy atom. The van der Waals surface area contributed by atoms with Gasteiger partial charge in [-0.1, -0.05) is 19.1 Å². The molecule has 0 aromatic heterocycles. The van der Waals surface area contributed by atoms with Crippen LogP contribution in [0.3, 0.4) is 0 Å². The van der Waals surface area contributed by atoms with Gasteiger partial charge in [-0.15, -0.1) is 0 Å². The quantitative estimate of drug-likeness (QED) is 0.592. The molecule has 2 rings (SSSR count). The zero-order chi connectivity index (χ0) is 17.9. The lowest BCUT2D eigenvalue weighted by Gasteiger charge is -2.11. The summed E-state index contributed by atoms with van der Waals surface area (Å²) in [6.45, 7) is 9.58. The van der Waals surface area contributed by atoms with Crippen molar-refractivity contribution in [2.45, 2.75) is 39.8 Å². The lowest BCUT2D eigenvalue weighted by Crippen LogP contribution is -2.21. The molecule has 0 radical (unpaired) electrons. The molecular weight excluding hydrogens is 312 g/mol. The summed E-state index contributed by atoms with van der Waals surface area (Å²) in [5, 5.41) is 6.85. The summed E-state index contributed by atoms with van der Waals surface area (Å²) in [6, 6.07) is 16.4. The van der Waals surface area contributed by atoms with Gasteiger partial charge in [0.2, 0.25) is 0 Å². The van der Waals surface area contributed by atoms with Crippen LogP contribution in [0.4, 0.5) is 5.69 Å². The SMILES string of the molecule is CCCOc1ccc(NCCNCc2ccc(OC(C)C)cc2)cc1. The van der Waals surface area contributed by atoms with Crippen molar-refractivity contribution in [3.05, 3.63) is 54.1 Å². The standard InChI is InChI=1S/C21H30N2O2/c1-4-15-24-20-11-7-19(8-12-20)23-14-13-22-16-18-5-9-21(10-6-18)25-17(2)3/h5-12,17,22-23H,4,13-16H2,1-3H3. The Morgan fingerprint density at radius 1 is 0.880 bits per heavy atom. The smallest absolute Gasteiger partial charge is 0.119 e. The predicted octanol–water partition coefficient (Wildman–Crippen LogP) is 4.46. The van der Waals surface area contributed by atoms with Crippen LogP contribution in [0.1, 0.15) is 32.8 Å². The minimum atomic E-state index is 0.210. The number of anilines is 1. The van der Waals surface area contributed by atoms with Gasteiger partial charge in [0.05, 0.1) is 12.7 Å². The molecule has 0 heterocycles. The molecule has 4 nitrogen and oxygen atoms in total. The van der Waals surface area contributed by atoms with Gasteiger partial charge in [0.15, 0.2) is 0 Å². The lowest BCUT2D eigenvalue weighted by atomic mass is 10.2. The molecule has 0 bridgehead atoms. The second-order valence-electron chi connectivity index (χ2n) is 6.29. The van der Waals surface area contributed by atoms with Gasteiger partial charge in [0, 0.05) is 25.3 Å². The number of hydrogen-bond acceptors (Lipinski definition) is 4. The Labute approximate surface area is 151 Å². The van der Waals surface area contributed by atoms with Crippen LogP contribution in [0.25, 0.3) is 0 Å². The van der Waals surface area contributed by atoms with Crippen LogP contribution in [-0.4, -0.2) is 25.8 Å². The van der Waals surface area contributed by atoms with Crippen molar-refractivity contribution in [3.8, 4) is 11.5 Å². The summed E-state index contributed by atoms with van der Waals surface area (Å²) in [7, 11) is 0. The Hall–Kier alpha value is -2.20. The molecule has 4 heteroatoms. The molecule has 0 atom stereocenters. The summed E-state index contributed by atoms with van der Waals surface area (Å²) >= 11 is 0. The molecule has 136 valence electrons. The van der Waals surface area contributed by atoms with Gasteiger partial charge >= 0.3 is 0 Å². The monoisotopic (exact) mass is 342 g/mol. The van der Waals surface area contributed by atoms with Crippen molar-refractivity contribution < 1.29 is 9.47 Å². The highest BCUT2D eigenvalue weighted by atomic mass is 16.5. The molecule has 25 heavy (non-hydrogen) atoms. The minimum Gasteiger partial charge on any atom is -0.494 e. The summed E-state index contributed by atoms with van der Waals surface area (Å²) in [6.07, 6.45) is 1.24. The molecule has 0 saturated heterocycles. The van der Waals surface area contributed by atoms with E-state index >= 15 is 0 Å². The van der Waals surface area contributed by atoms with E-state index in [1.807, 2.05) is 38.1 Å². The highest BCUT2D eigenvalue weighted by molar-refractivity contribution is 5.46. The maximum absolute atomic E-state index is 5.65. The van der Waals surface area contributed by atoms with Crippen LogP contribution in [0.5, 0.6) is 11.5 Å². The highest BCUT2D eigenvalue weighted by Crippen LogP contribution is 2.16. The molecule has 2 N–H and O–H groups in total. The van der Waals surface area contributed by atoms with E-state index in [4.69, 9.17) is 9.47 Å². The van der Waals surface area contributed by atoms with Crippen LogP contribution in [0.15, 0.2) is 48.5 Å². The number of ether oxygens (including phenoxy) is 2. The zero-order valence-corrected chi connectivity index (χ0v) is 15.5. The van der Waals surface area contributed by atoms with Crippen molar-refractivity contribution in [3.63, 3.8) is 0 Å². The fourth-order valence-corrected chi connectivity index (χ4v) is 2.37. The maximum atomic E-state index is 5.65. The van der Waals surface area contributed by atoms with Gasteiger partial charge in [0.25, 0.3) is 0 Å². The van der Waals surface area contributed by atoms with E-state index in [1.54, 1.807) is 0 Å². The Kier molecular flexibility index (Phi) is 8.13. The van der Waals surface area contributed by atoms with E-state index in [-0.39, 0.29) is 6.10 Å². The summed E-state index contributed by atoms with van der Waals surface area (Å²) < 4.78 is 11.2. The van der Waals surface area contributed by atoms with Crippen molar-refractivity contribution in [1.82, 2.24) is 5.32 Å². The molecule has 0 aliphatic rings. The van der Waals surface area contributed by atoms with Crippen LogP contribution < -0.4 is 20.1 Å². The Balaban J connectivity index is 1.62.